The van der Waals surface area contributed by atoms with Crippen LogP contribution >= 0.6 is 11.3 Å². The highest BCUT2D eigenvalue weighted by Crippen LogP contribution is 2.47. The van der Waals surface area contributed by atoms with Gasteiger partial charge in [-0.15, -0.1) is 11.3 Å². The second-order valence-electron chi connectivity index (χ2n) is 15.5. The third-order valence-electron chi connectivity index (χ3n) is 11.8. The fourth-order valence-electron chi connectivity index (χ4n) is 9.07. The summed E-state index contributed by atoms with van der Waals surface area (Å²) < 4.78 is 5.00. The van der Waals surface area contributed by atoms with Gasteiger partial charge in [-0.05, 0) is 120 Å². The van der Waals surface area contributed by atoms with E-state index in [1.807, 2.05) is 11.3 Å². The van der Waals surface area contributed by atoms with Crippen molar-refractivity contribution in [2.45, 2.75) is 13.8 Å². The summed E-state index contributed by atoms with van der Waals surface area (Å²) in [7, 11) is 0. The van der Waals surface area contributed by atoms with Crippen LogP contribution in [0.15, 0.2) is 206 Å². The van der Waals surface area contributed by atoms with Crippen molar-refractivity contribution in [2.75, 3.05) is 4.90 Å². The minimum Gasteiger partial charge on any atom is -0.310 e. The molecule has 0 saturated heterocycles. The number of para-hydroxylation sites is 2. The molecule has 0 unspecified atom stereocenters. The molecule has 0 saturated carbocycles. The van der Waals surface area contributed by atoms with Gasteiger partial charge in [0.15, 0.2) is 0 Å². The van der Waals surface area contributed by atoms with Crippen LogP contribution < -0.4 is 4.90 Å². The molecule has 3 heteroatoms. The standard InChI is InChI=1S/C56H40N2S/c1-37-32-43(28-30-46(37)39-16-5-3-6-17-39)57(44-29-31-47(38(2)33-44)40-18-7-4-8-19-40)45-35-51(56-52(36-45)50-24-11-14-27-55(50)59-56)41-20-15-21-42(34-41)58-53-25-12-9-22-48(53)49-23-10-13-26-54(49)58/h3-36H,1-2H3. The average Bonchev–Trinajstić information content (AvgIpc) is 3.83. The fraction of sp³-hybridized carbons (Fsp3) is 0.0357. The van der Waals surface area contributed by atoms with Crippen molar-refractivity contribution < 1.29 is 0 Å². The van der Waals surface area contributed by atoms with Gasteiger partial charge in [-0.25, -0.2) is 0 Å². The molecule has 0 fully saturated rings. The van der Waals surface area contributed by atoms with E-state index in [9.17, 15) is 0 Å². The zero-order valence-corrected chi connectivity index (χ0v) is 33.7. The van der Waals surface area contributed by atoms with Gasteiger partial charge in [0, 0.05) is 59.3 Å². The van der Waals surface area contributed by atoms with Crippen LogP contribution in [0.4, 0.5) is 17.1 Å². The van der Waals surface area contributed by atoms with Crippen molar-refractivity contribution in [3.63, 3.8) is 0 Å². The summed E-state index contributed by atoms with van der Waals surface area (Å²) in [6.45, 7) is 4.46. The maximum Gasteiger partial charge on any atom is 0.0541 e. The highest BCUT2D eigenvalue weighted by atomic mass is 32.1. The molecule has 0 amide bonds. The topological polar surface area (TPSA) is 8.17 Å². The van der Waals surface area contributed by atoms with Gasteiger partial charge in [-0.3, -0.25) is 0 Å². The Bertz CT molecular complexity index is 3210. The predicted molar refractivity (Wildman–Crippen MR) is 254 cm³/mol. The van der Waals surface area contributed by atoms with Gasteiger partial charge in [0.25, 0.3) is 0 Å². The van der Waals surface area contributed by atoms with E-state index in [0.717, 1.165) is 22.7 Å². The third-order valence-corrected chi connectivity index (χ3v) is 13.0. The van der Waals surface area contributed by atoms with E-state index < -0.39 is 0 Å². The Morgan fingerprint density at radius 1 is 0.373 bits per heavy atom. The Morgan fingerprint density at radius 3 is 1.49 bits per heavy atom. The number of aryl methyl sites for hydroxylation is 2. The molecule has 0 N–H and O–H groups in total. The lowest BCUT2D eigenvalue weighted by molar-refractivity contribution is 1.18. The van der Waals surface area contributed by atoms with E-state index in [0.29, 0.717) is 0 Å². The fourth-order valence-corrected chi connectivity index (χ4v) is 10.3. The highest BCUT2D eigenvalue weighted by molar-refractivity contribution is 7.26. The molecule has 2 aromatic heterocycles. The molecule has 9 aromatic carbocycles. The average molecular weight is 773 g/mol. The Hall–Kier alpha value is -7.20. The van der Waals surface area contributed by atoms with Gasteiger partial charge in [0.05, 0.1) is 11.0 Å². The monoisotopic (exact) mass is 772 g/mol. The largest absolute Gasteiger partial charge is 0.310 e. The zero-order valence-electron chi connectivity index (χ0n) is 32.9. The summed E-state index contributed by atoms with van der Waals surface area (Å²) in [5.41, 5.74) is 16.8. The smallest absolute Gasteiger partial charge is 0.0541 e. The minimum absolute atomic E-state index is 1.12. The van der Waals surface area contributed by atoms with Gasteiger partial charge in [0.1, 0.15) is 0 Å². The molecule has 2 nitrogen and oxygen atoms in total. The molecule has 0 bridgehead atoms. The van der Waals surface area contributed by atoms with E-state index in [4.69, 9.17) is 0 Å². The molecule has 11 rings (SSSR count). The van der Waals surface area contributed by atoms with Crippen LogP contribution in [0.2, 0.25) is 0 Å². The predicted octanol–water partition coefficient (Wildman–Crippen LogP) is 16.2. The Balaban J connectivity index is 1.15. The molecule has 0 radical (unpaired) electrons. The van der Waals surface area contributed by atoms with Crippen LogP contribution in [0, 0.1) is 13.8 Å². The van der Waals surface area contributed by atoms with E-state index in [2.05, 4.69) is 230 Å². The Kier molecular flexibility index (Phi) is 8.49. The summed E-state index contributed by atoms with van der Waals surface area (Å²) in [5, 5.41) is 5.07. The van der Waals surface area contributed by atoms with Crippen LogP contribution in [0.5, 0.6) is 0 Å². The lowest BCUT2D eigenvalue weighted by Gasteiger charge is -2.28. The van der Waals surface area contributed by atoms with E-state index in [-0.39, 0.29) is 0 Å². The SMILES string of the molecule is Cc1cc(N(c2ccc(-c3ccccc3)c(C)c2)c2cc(-c3cccc(-n4c5ccccc5c5ccccc54)c3)c3sc4ccccc4c3c2)ccc1-c1ccccc1. The highest BCUT2D eigenvalue weighted by Gasteiger charge is 2.21. The number of aromatic nitrogens is 1. The van der Waals surface area contributed by atoms with Crippen LogP contribution in [-0.4, -0.2) is 4.57 Å². The van der Waals surface area contributed by atoms with Gasteiger partial charge in [-0.1, -0.05) is 140 Å². The first kappa shape index (κ1) is 35.0. The van der Waals surface area contributed by atoms with Crippen LogP contribution in [0.3, 0.4) is 0 Å². The molecule has 2 heterocycles. The van der Waals surface area contributed by atoms with E-state index in [1.165, 1.54) is 86.5 Å². The molecular weight excluding hydrogens is 733 g/mol. The first-order chi connectivity index (χ1) is 29.1. The minimum atomic E-state index is 1.12. The van der Waals surface area contributed by atoms with Crippen LogP contribution in [-0.2, 0) is 0 Å². The summed E-state index contributed by atoms with van der Waals surface area (Å²) >= 11 is 1.88. The van der Waals surface area contributed by atoms with E-state index >= 15 is 0 Å². The van der Waals surface area contributed by atoms with Crippen molar-refractivity contribution >= 4 is 70.4 Å². The maximum atomic E-state index is 2.45. The third kappa shape index (κ3) is 6.02. The normalized spacial score (nSPS) is 11.6. The van der Waals surface area contributed by atoms with Gasteiger partial charge in [0.2, 0.25) is 0 Å². The Morgan fingerprint density at radius 2 is 0.898 bits per heavy atom. The molecule has 0 aliphatic heterocycles. The summed E-state index contributed by atoms with van der Waals surface area (Å²) in [6, 6.07) is 75.5. The molecule has 59 heavy (non-hydrogen) atoms. The van der Waals surface area contributed by atoms with Gasteiger partial charge in [-0.2, -0.15) is 0 Å². The Labute approximate surface area is 348 Å². The molecule has 0 spiro atoms. The number of nitrogens with zero attached hydrogens (tertiary/aromatic N) is 2. The van der Waals surface area contributed by atoms with E-state index in [1.54, 1.807) is 0 Å². The second kappa shape index (κ2) is 14.3. The molecular formula is C56H40N2S. The number of anilines is 3. The van der Waals surface area contributed by atoms with Crippen molar-refractivity contribution in [3.05, 3.63) is 217 Å². The number of hydrogen-bond acceptors (Lipinski definition) is 2. The zero-order chi connectivity index (χ0) is 39.5. The second-order valence-corrected chi connectivity index (χ2v) is 16.5. The molecule has 280 valence electrons. The maximum absolute atomic E-state index is 2.45. The summed E-state index contributed by atoms with van der Waals surface area (Å²) in [4.78, 5) is 2.45. The van der Waals surface area contributed by atoms with Crippen molar-refractivity contribution in [1.29, 1.82) is 0 Å². The number of fused-ring (bicyclic) bond motifs is 6. The molecule has 0 aliphatic rings. The first-order valence-corrected chi connectivity index (χ1v) is 21.1. The quantitative estimate of drug-likeness (QED) is 0.157. The van der Waals surface area contributed by atoms with Gasteiger partial charge < -0.3 is 9.47 Å². The van der Waals surface area contributed by atoms with Crippen LogP contribution in [0.25, 0.3) is 81.0 Å². The van der Waals surface area contributed by atoms with Crippen molar-refractivity contribution in [2.24, 2.45) is 0 Å². The summed E-state index contributed by atoms with van der Waals surface area (Å²) in [5.74, 6) is 0. The van der Waals surface area contributed by atoms with Crippen LogP contribution in [0.1, 0.15) is 11.1 Å². The van der Waals surface area contributed by atoms with Gasteiger partial charge >= 0.3 is 0 Å². The lowest BCUT2D eigenvalue weighted by Crippen LogP contribution is -2.11. The molecule has 0 aliphatic carbocycles. The van der Waals surface area contributed by atoms with Crippen molar-refractivity contribution in [1.82, 2.24) is 4.57 Å². The first-order valence-electron chi connectivity index (χ1n) is 20.3. The number of hydrogen-bond donors (Lipinski definition) is 0. The number of benzene rings is 9. The number of thiophene rings is 1. The van der Waals surface area contributed by atoms with Crippen molar-refractivity contribution in [3.8, 4) is 39.1 Å². The number of rotatable bonds is 7. The molecule has 11 aromatic rings. The molecule has 0 atom stereocenters. The lowest BCUT2D eigenvalue weighted by atomic mass is 9.97. The summed E-state index contributed by atoms with van der Waals surface area (Å²) in [6.07, 6.45) is 0.